The summed E-state index contributed by atoms with van der Waals surface area (Å²) < 4.78 is 1.04. The summed E-state index contributed by atoms with van der Waals surface area (Å²) in [5, 5.41) is 6.93. The average Bonchev–Trinajstić information content (AvgIpc) is 2.83. The molecule has 0 spiro atoms. The fourth-order valence-electron chi connectivity index (χ4n) is 2.65. The molecule has 2 aromatic rings. The monoisotopic (exact) mass is 412 g/mol. The third-order valence-electron chi connectivity index (χ3n) is 3.65. The van der Waals surface area contributed by atoms with Gasteiger partial charge in [0, 0.05) is 9.26 Å². The van der Waals surface area contributed by atoms with Gasteiger partial charge in [0.15, 0.2) is 0 Å². The minimum Gasteiger partial charge on any atom is -0.326 e. The Hall–Kier alpha value is -1.11. The molecule has 0 fully saturated rings. The van der Waals surface area contributed by atoms with Gasteiger partial charge in [0.2, 0.25) is 5.91 Å². The van der Waals surface area contributed by atoms with Crippen LogP contribution in [0.4, 0.5) is 5.69 Å². The van der Waals surface area contributed by atoms with Crippen LogP contribution in [0.3, 0.4) is 0 Å². The molecule has 1 amide bonds. The summed E-state index contributed by atoms with van der Waals surface area (Å²) in [7, 11) is 1.92. The van der Waals surface area contributed by atoms with Crippen molar-refractivity contribution in [3.05, 3.63) is 61.7 Å². The van der Waals surface area contributed by atoms with Gasteiger partial charge in [-0.2, -0.15) is 0 Å². The molecule has 1 aliphatic heterocycles. The molecule has 1 atom stereocenters. The summed E-state index contributed by atoms with van der Waals surface area (Å²) in [6.07, 6.45) is 0.451. The first-order valence-electron chi connectivity index (χ1n) is 6.63. The first-order valence-corrected chi connectivity index (χ1v) is 8.09. The smallest absolute Gasteiger partial charge is 0.228 e. The second-order valence-corrected chi connectivity index (χ2v) is 6.61. The predicted octanol–water partition coefficient (Wildman–Crippen LogP) is 3.75. The SMILES string of the molecule is CNC(c1ccc(I)c(Cl)c1)c1ccc2c(c1)CC(=O)N2. The van der Waals surface area contributed by atoms with Gasteiger partial charge in [-0.25, -0.2) is 0 Å². The Bertz CT molecular complexity index is 717. The average molecular weight is 413 g/mol. The fourth-order valence-corrected chi connectivity index (χ4v) is 3.17. The maximum absolute atomic E-state index is 11.5. The van der Waals surface area contributed by atoms with Crippen molar-refractivity contribution in [3.8, 4) is 0 Å². The lowest BCUT2D eigenvalue weighted by Gasteiger charge is -2.18. The molecular formula is C16H14ClIN2O. The van der Waals surface area contributed by atoms with Crippen LogP contribution in [0.25, 0.3) is 0 Å². The Morgan fingerprint density at radius 2 is 1.95 bits per heavy atom. The Morgan fingerprint density at radius 1 is 1.24 bits per heavy atom. The highest BCUT2D eigenvalue weighted by atomic mass is 127. The number of rotatable bonds is 3. The normalized spacial score (nSPS) is 14.7. The third-order valence-corrected chi connectivity index (χ3v) is 5.23. The van der Waals surface area contributed by atoms with Crippen molar-refractivity contribution in [1.82, 2.24) is 5.32 Å². The lowest BCUT2D eigenvalue weighted by Crippen LogP contribution is -2.17. The number of benzene rings is 2. The highest BCUT2D eigenvalue weighted by Gasteiger charge is 2.20. The predicted molar refractivity (Wildman–Crippen MR) is 93.8 cm³/mol. The van der Waals surface area contributed by atoms with Crippen LogP contribution in [0.2, 0.25) is 5.02 Å². The first kappa shape index (κ1) is 14.8. The summed E-state index contributed by atoms with van der Waals surface area (Å²) in [5.74, 6) is 0.0560. The topological polar surface area (TPSA) is 41.1 Å². The lowest BCUT2D eigenvalue weighted by molar-refractivity contribution is -0.115. The van der Waals surface area contributed by atoms with Crippen LogP contribution in [0.15, 0.2) is 36.4 Å². The molecule has 0 aromatic heterocycles. The van der Waals surface area contributed by atoms with Crippen molar-refractivity contribution in [2.45, 2.75) is 12.5 Å². The Labute approximate surface area is 142 Å². The molecule has 3 nitrogen and oxygen atoms in total. The zero-order valence-corrected chi connectivity index (χ0v) is 14.3. The minimum atomic E-state index is 0.0560. The van der Waals surface area contributed by atoms with E-state index in [0.717, 1.165) is 31.0 Å². The molecule has 1 unspecified atom stereocenters. The number of carbonyl (C=O) groups is 1. The van der Waals surface area contributed by atoms with E-state index in [1.165, 1.54) is 0 Å². The van der Waals surface area contributed by atoms with Crippen LogP contribution < -0.4 is 10.6 Å². The molecule has 0 saturated carbocycles. The molecule has 0 saturated heterocycles. The zero-order chi connectivity index (χ0) is 15.0. The third kappa shape index (κ3) is 2.93. The minimum absolute atomic E-state index is 0.0560. The summed E-state index contributed by atoms with van der Waals surface area (Å²) in [6.45, 7) is 0. The molecular weight excluding hydrogens is 399 g/mol. The van der Waals surface area contributed by atoms with Crippen LogP contribution in [-0.4, -0.2) is 13.0 Å². The summed E-state index contributed by atoms with van der Waals surface area (Å²) >= 11 is 8.44. The number of hydrogen-bond donors (Lipinski definition) is 2. The van der Waals surface area contributed by atoms with E-state index in [1.807, 2.05) is 31.3 Å². The zero-order valence-electron chi connectivity index (χ0n) is 11.4. The molecule has 0 bridgehead atoms. The number of carbonyl (C=O) groups excluding carboxylic acids is 1. The van der Waals surface area contributed by atoms with Gasteiger partial charge < -0.3 is 10.6 Å². The lowest BCUT2D eigenvalue weighted by atomic mass is 9.96. The van der Waals surface area contributed by atoms with E-state index >= 15 is 0 Å². The fraction of sp³-hybridized carbons (Fsp3) is 0.188. The maximum Gasteiger partial charge on any atom is 0.228 e. The van der Waals surface area contributed by atoms with Gasteiger partial charge in [0.1, 0.15) is 0 Å². The van der Waals surface area contributed by atoms with Crippen molar-refractivity contribution in [2.24, 2.45) is 0 Å². The van der Waals surface area contributed by atoms with Gasteiger partial charge in [0.25, 0.3) is 0 Å². The molecule has 21 heavy (non-hydrogen) atoms. The molecule has 2 aromatic carbocycles. The van der Waals surface area contributed by atoms with Crippen LogP contribution in [0, 0.1) is 3.57 Å². The van der Waals surface area contributed by atoms with Gasteiger partial charge in [-0.3, -0.25) is 4.79 Å². The number of amides is 1. The standard InChI is InChI=1S/C16H14ClIN2O/c1-19-16(10-2-4-13(18)12(17)7-10)9-3-5-14-11(6-9)8-15(21)20-14/h2-7,16,19H,8H2,1H3,(H,20,21). The van der Waals surface area contributed by atoms with Crippen molar-refractivity contribution in [1.29, 1.82) is 0 Å². The van der Waals surface area contributed by atoms with Crippen molar-refractivity contribution >= 4 is 45.8 Å². The Kier molecular flexibility index (Phi) is 4.19. The van der Waals surface area contributed by atoms with E-state index < -0.39 is 0 Å². The molecule has 1 aliphatic rings. The summed E-state index contributed by atoms with van der Waals surface area (Å²) in [4.78, 5) is 11.5. The molecule has 2 N–H and O–H groups in total. The van der Waals surface area contributed by atoms with Gasteiger partial charge >= 0.3 is 0 Å². The van der Waals surface area contributed by atoms with E-state index in [1.54, 1.807) is 0 Å². The van der Waals surface area contributed by atoms with Crippen LogP contribution >= 0.6 is 34.2 Å². The summed E-state index contributed by atoms with van der Waals surface area (Å²) in [6, 6.07) is 12.2. The van der Waals surface area contributed by atoms with Crippen LogP contribution in [0.1, 0.15) is 22.7 Å². The number of halogens is 2. The van der Waals surface area contributed by atoms with Gasteiger partial charge in [-0.05, 0) is 64.5 Å². The van der Waals surface area contributed by atoms with Gasteiger partial charge in [-0.15, -0.1) is 0 Å². The number of fused-ring (bicyclic) bond motifs is 1. The van der Waals surface area contributed by atoms with Crippen molar-refractivity contribution in [3.63, 3.8) is 0 Å². The number of hydrogen-bond acceptors (Lipinski definition) is 2. The maximum atomic E-state index is 11.5. The number of nitrogens with one attached hydrogen (secondary N) is 2. The largest absolute Gasteiger partial charge is 0.326 e. The van der Waals surface area contributed by atoms with E-state index in [0.29, 0.717) is 6.42 Å². The van der Waals surface area contributed by atoms with Crippen molar-refractivity contribution < 1.29 is 4.79 Å². The Morgan fingerprint density at radius 3 is 2.67 bits per heavy atom. The highest BCUT2D eigenvalue weighted by Crippen LogP contribution is 2.31. The molecule has 5 heteroatoms. The highest BCUT2D eigenvalue weighted by molar-refractivity contribution is 14.1. The second kappa shape index (κ2) is 5.94. The van der Waals surface area contributed by atoms with E-state index in [-0.39, 0.29) is 11.9 Å². The van der Waals surface area contributed by atoms with E-state index in [9.17, 15) is 4.79 Å². The van der Waals surface area contributed by atoms with E-state index in [4.69, 9.17) is 11.6 Å². The van der Waals surface area contributed by atoms with Gasteiger partial charge in [0.05, 0.1) is 17.5 Å². The first-order chi connectivity index (χ1) is 10.1. The molecule has 1 heterocycles. The molecule has 0 radical (unpaired) electrons. The number of anilines is 1. The molecule has 0 aliphatic carbocycles. The van der Waals surface area contributed by atoms with Gasteiger partial charge in [-0.1, -0.05) is 29.8 Å². The van der Waals surface area contributed by atoms with E-state index in [2.05, 4.69) is 45.4 Å². The van der Waals surface area contributed by atoms with Crippen LogP contribution in [-0.2, 0) is 11.2 Å². The second-order valence-electron chi connectivity index (χ2n) is 5.04. The summed E-state index contributed by atoms with van der Waals surface area (Å²) in [5.41, 5.74) is 4.21. The quantitative estimate of drug-likeness (QED) is 0.754. The van der Waals surface area contributed by atoms with Crippen molar-refractivity contribution in [2.75, 3.05) is 12.4 Å². The molecule has 3 rings (SSSR count). The Balaban J connectivity index is 1.98. The van der Waals surface area contributed by atoms with Crippen LogP contribution in [0.5, 0.6) is 0 Å². The molecule has 108 valence electrons.